The van der Waals surface area contributed by atoms with Crippen LogP contribution in [-0.4, -0.2) is 4.98 Å². The van der Waals surface area contributed by atoms with Gasteiger partial charge >= 0.3 is 0 Å². The predicted molar refractivity (Wildman–Crippen MR) is 72.6 cm³/mol. The second kappa shape index (κ2) is 5.85. The molecule has 1 heterocycles. The van der Waals surface area contributed by atoms with E-state index in [4.69, 9.17) is 22.1 Å². The number of ether oxygens (including phenoxy) is 1. The first-order valence-corrected chi connectivity index (χ1v) is 6.08. The summed E-state index contributed by atoms with van der Waals surface area (Å²) in [6, 6.07) is 7.51. The Bertz CT molecular complexity index is 543. The van der Waals surface area contributed by atoms with Crippen LogP contribution in [0.2, 0.25) is 5.02 Å². The van der Waals surface area contributed by atoms with Gasteiger partial charge in [0.05, 0.1) is 0 Å². The molecule has 0 spiro atoms. The largest absolute Gasteiger partial charge is 0.489 e. The highest BCUT2D eigenvalue weighted by Gasteiger charge is 2.04. The Hall–Kier alpha value is -1.58. The van der Waals surface area contributed by atoms with Crippen LogP contribution in [0.5, 0.6) is 5.75 Å². The minimum absolute atomic E-state index is 0.405. The molecule has 0 aliphatic heterocycles. The summed E-state index contributed by atoms with van der Waals surface area (Å²) in [7, 11) is 0. The summed E-state index contributed by atoms with van der Waals surface area (Å²) in [5.41, 5.74) is 8.72. The van der Waals surface area contributed by atoms with Gasteiger partial charge in [-0.15, -0.1) is 0 Å². The lowest BCUT2D eigenvalue weighted by molar-refractivity contribution is 0.302. The molecule has 0 aliphatic rings. The summed E-state index contributed by atoms with van der Waals surface area (Å²) in [4.78, 5) is 4.13. The molecule has 1 aromatic carbocycles. The van der Waals surface area contributed by atoms with E-state index < -0.39 is 0 Å². The first kappa shape index (κ1) is 12.9. The van der Waals surface area contributed by atoms with E-state index in [1.165, 1.54) is 0 Å². The topological polar surface area (TPSA) is 48.1 Å². The summed E-state index contributed by atoms with van der Waals surface area (Å²) in [5, 5.41) is 0.667. The van der Waals surface area contributed by atoms with Crippen molar-refractivity contribution >= 4 is 11.6 Å². The molecule has 0 unspecified atom stereocenters. The van der Waals surface area contributed by atoms with E-state index in [0.29, 0.717) is 18.2 Å². The van der Waals surface area contributed by atoms with E-state index in [1.807, 2.05) is 31.3 Å². The fraction of sp³-hybridized carbons (Fsp3) is 0.214. The molecule has 3 nitrogen and oxygen atoms in total. The van der Waals surface area contributed by atoms with Gasteiger partial charge in [0, 0.05) is 35.1 Å². The van der Waals surface area contributed by atoms with Crippen molar-refractivity contribution < 1.29 is 4.74 Å². The van der Waals surface area contributed by atoms with Gasteiger partial charge in [-0.2, -0.15) is 0 Å². The average Bonchev–Trinajstić information content (AvgIpc) is 2.37. The summed E-state index contributed by atoms with van der Waals surface area (Å²) in [6.07, 6.45) is 3.61. The highest BCUT2D eigenvalue weighted by molar-refractivity contribution is 6.30. The van der Waals surface area contributed by atoms with Crippen molar-refractivity contribution in [2.24, 2.45) is 5.73 Å². The molecule has 0 aliphatic carbocycles. The Morgan fingerprint density at radius 2 is 2.11 bits per heavy atom. The molecular weight excluding hydrogens is 248 g/mol. The van der Waals surface area contributed by atoms with E-state index in [0.717, 1.165) is 22.4 Å². The van der Waals surface area contributed by atoms with Crippen LogP contribution < -0.4 is 10.5 Å². The predicted octanol–water partition coefficient (Wildman–Crippen LogP) is 3.08. The number of halogens is 1. The number of pyridine rings is 1. The quantitative estimate of drug-likeness (QED) is 0.921. The number of benzene rings is 1. The van der Waals surface area contributed by atoms with Crippen LogP contribution in [0, 0.1) is 6.92 Å². The molecule has 0 fully saturated rings. The number of nitrogens with zero attached hydrogens (tertiary/aromatic N) is 1. The molecule has 0 saturated carbocycles. The fourth-order valence-corrected chi connectivity index (χ4v) is 1.90. The van der Waals surface area contributed by atoms with Crippen LogP contribution in [0.3, 0.4) is 0 Å². The lowest BCUT2D eigenvalue weighted by Crippen LogP contribution is -2.03. The third-order valence-corrected chi connectivity index (χ3v) is 2.80. The van der Waals surface area contributed by atoms with Crippen molar-refractivity contribution in [3.63, 3.8) is 0 Å². The molecule has 0 amide bonds. The molecule has 0 bridgehead atoms. The molecule has 18 heavy (non-hydrogen) atoms. The summed E-state index contributed by atoms with van der Waals surface area (Å²) in [6.45, 7) is 2.88. The Morgan fingerprint density at radius 3 is 2.83 bits per heavy atom. The number of aromatic nitrogens is 1. The van der Waals surface area contributed by atoms with Crippen molar-refractivity contribution in [2.75, 3.05) is 0 Å². The van der Waals surface area contributed by atoms with E-state index >= 15 is 0 Å². The third kappa shape index (κ3) is 3.22. The highest BCUT2D eigenvalue weighted by Crippen LogP contribution is 2.23. The van der Waals surface area contributed by atoms with Crippen LogP contribution in [0.1, 0.15) is 16.7 Å². The third-order valence-electron chi connectivity index (χ3n) is 2.57. The van der Waals surface area contributed by atoms with Gasteiger partial charge < -0.3 is 10.5 Å². The summed E-state index contributed by atoms with van der Waals surface area (Å²) >= 11 is 5.91. The minimum Gasteiger partial charge on any atom is -0.489 e. The molecular formula is C14H15ClN2O. The van der Waals surface area contributed by atoms with Crippen molar-refractivity contribution in [3.8, 4) is 5.75 Å². The molecule has 2 aromatic rings. The Kier molecular flexibility index (Phi) is 4.18. The molecule has 0 saturated heterocycles. The Morgan fingerprint density at radius 1 is 1.28 bits per heavy atom. The number of hydrogen-bond acceptors (Lipinski definition) is 3. The zero-order valence-corrected chi connectivity index (χ0v) is 10.9. The molecule has 0 radical (unpaired) electrons. The molecule has 0 atom stereocenters. The maximum absolute atomic E-state index is 5.91. The van der Waals surface area contributed by atoms with Gasteiger partial charge in [-0.1, -0.05) is 11.6 Å². The van der Waals surface area contributed by atoms with Gasteiger partial charge in [0.15, 0.2) is 0 Å². The number of rotatable bonds is 4. The van der Waals surface area contributed by atoms with Crippen LogP contribution in [-0.2, 0) is 13.2 Å². The van der Waals surface area contributed by atoms with E-state index in [-0.39, 0.29) is 0 Å². The van der Waals surface area contributed by atoms with Crippen molar-refractivity contribution in [3.05, 3.63) is 58.4 Å². The first-order valence-electron chi connectivity index (χ1n) is 5.71. The van der Waals surface area contributed by atoms with E-state index in [1.54, 1.807) is 12.3 Å². The maximum atomic E-state index is 5.91. The molecule has 2 rings (SSSR count). The lowest BCUT2D eigenvalue weighted by atomic mass is 10.2. The lowest BCUT2D eigenvalue weighted by Gasteiger charge is -2.10. The van der Waals surface area contributed by atoms with E-state index in [9.17, 15) is 0 Å². The Labute approximate surface area is 112 Å². The maximum Gasteiger partial charge on any atom is 0.124 e. The van der Waals surface area contributed by atoms with Gasteiger partial charge in [0.2, 0.25) is 0 Å². The van der Waals surface area contributed by atoms with Crippen molar-refractivity contribution in [2.45, 2.75) is 20.1 Å². The number of hydrogen-bond donors (Lipinski definition) is 1. The fourth-order valence-electron chi connectivity index (χ4n) is 1.71. The van der Waals surface area contributed by atoms with Crippen LogP contribution in [0.15, 0.2) is 36.7 Å². The first-order chi connectivity index (χ1) is 8.69. The second-order valence-electron chi connectivity index (χ2n) is 4.12. The van der Waals surface area contributed by atoms with Gasteiger partial charge in [-0.05, 0) is 36.8 Å². The standard InChI is InChI=1S/C14H15ClN2O/c1-10-4-11(8-17-7-10)9-18-14-3-2-13(15)5-12(14)6-16/h2-5,7-8H,6,9,16H2,1H3. The van der Waals surface area contributed by atoms with Gasteiger partial charge in [-0.3, -0.25) is 4.98 Å². The average molecular weight is 263 g/mol. The number of nitrogens with two attached hydrogens (primary N) is 1. The molecule has 4 heteroatoms. The second-order valence-corrected chi connectivity index (χ2v) is 4.55. The SMILES string of the molecule is Cc1cncc(COc2ccc(Cl)cc2CN)c1. The molecule has 94 valence electrons. The summed E-state index contributed by atoms with van der Waals surface area (Å²) in [5.74, 6) is 0.767. The van der Waals surface area contributed by atoms with Crippen LogP contribution in [0.25, 0.3) is 0 Å². The molecule has 2 N–H and O–H groups in total. The zero-order valence-electron chi connectivity index (χ0n) is 10.2. The smallest absolute Gasteiger partial charge is 0.124 e. The van der Waals surface area contributed by atoms with E-state index in [2.05, 4.69) is 4.98 Å². The molecule has 1 aromatic heterocycles. The zero-order chi connectivity index (χ0) is 13.0. The van der Waals surface area contributed by atoms with Crippen molar-refractivity contribution in [1.29, 1.82) is 0 Å². The van der Waals surface area contributed by atoms with Gasteiger partial charge in [-0.25, -0.2) is 0 Å². The van der Waals surface area contributed by atoms with Crippen molar-refractivity contribution in [1.82, 2.24) is 4.98 Å². The monoisotopic (exact) mass is 262 g/mol. The summed E-state index contributed by atoms with van der Waals surface area (Å²) < 4.78 is 5.75. The number of aryl methyl sites for hydroxylation is 1. The van der Waals surface area contributed by atoms with Gasteiger partial charge in [0.25, 0.3) is 0 Å². The van der Waals surface area contributed by atoms with Gasteiger partial charge in [0.1, 0.15) is 12.4 Å². The van der Waals surface area contributed by atoms with Crippen LogP contribution >= 0.6 is 11.6 Å². The Balaban J connectivity index is 2.10. The highest BCUT2D eigenvalue weighted by atomic mass is 35.5. The van der Waals surface area contributed by atoms with Crippen LogP contribution in [0.4, 0.5) is 0 Å². The normalized spacial score (nSPS) is 10.4. The minimum atomic E-state index is 0.405.